The topological polar surface area (TPSA) is 145 Å². The van der Waals surface area contributed by atoms with E-state index in [1.54, 1.807) is 32.9 Å². The van der Waals surface area contributed by atoms with Crippen molar-refractivity contribution in [3.8, 4) is 0 Å². The van der Waals surface area contributed by atoms with Crippen LogP contribution in [-0.4, -0.2) is 57.9 Å². The maximum Gasteiger partial charge on any atom is 0.333 e. The van der Waals surface area contributed by atoms with E-state index in [0.29, 0.717) is 17.9 Å². The Hall–Kier alpha value is -3.76. The molecule has 0 aromatic heterocycles. The Balaban J connectivity index is 1.56. The minimum absolute atomic E-state index is 0.104. The minimum atomic E-state index is -1.08. The van der Waals surface area contributed by atoms with Crippen molar-refractivity contribution >= 4 is 35.6 Å². The molecular weight excluding hydrogens is 640 g/mol. The highest BCUT2D eigenvalue weighted by Crippen LogP contribution is 2.23. The van der Waals surface area contributed by atoms with E-state index in [1.807, 2.05) is 20.8 Å². The molecule has 0 aliphatic carbocycles. The molecule has 50 heavy (non-hydrogen) atoms. The largest absolute Gasteiger partial charge is 0.460 e. The summed E-state index contributed by atoms with van der Waals surface area (Å²) >= 11 is 0. The van der Waals surface area contributed by atoms with Gasteiger partial charge in [0.2, 0.25) is 5.91 Å². The molecule has 0 unspecified atom stereocenters. The Morgan fingerprint density at radius 2 is 1.02 bits per heavy atom. The molecule has 0 saturated heterocycles. The maximum atomic E-state index is 12.9. The number of amides is 3. The Labute approximate surface area is 298 Å². The van der Waals surface area contributed by atoms with Gasteiger partial charge in [0, 0.05) is 12.8 Å². The number of esters is 2. The third kappa shape index (κ3) is 17.3. The lowest BCUT2D eigenvalue weighted by Crippen LogP contribution is -2.44. The molecule has 1 aliphatic heterocycles. The molecule has 1 atom stereocenters. The zero-order valence-corrected chi connectivity index (χ0v) is 31.2. The molecule has 11 nitrogen and oxygen atoms in total. The van der Waals surface area contributed by atoms with Crippen LogP contribution in [0.3, 0.4) is 0 Å². The predicted octanol–water partition coefficient (Wildman–Crippen LogP) is 7.93. The fourth-order valence-electron chi connectivity index (χ4n) is 5.62. The molecule has 3 amide bonds. The van der Waals surface area contributed by atoms with Crippen molar-refractivity contribution in [1.82, 2.24) is 10.4 Å². The summed E-state index contributed by atoms with van der Waals surface area (Å²) in [5, 5.41) is 3.12. The van der Waals surface area contributed by atoms with Crippen LogP contribution in [0.4, 0.5) is 0 Å². The van der Waals surface area contributed by atoms with E-state index in [9.17, 15) is 28.8 Å². The zero-order chi connectivity index (χ0) is 37.2. The fourth-order valence-corrected chi connectivity index (χ4v) is 5.62. The molecule has 280 valence electrons. The van der Waals surface area contributed by atoms with Gasteiger partial charge in [0.05, 0.1) is 17.5 Å². The fraction of sp³-hybridized carbons (Fsp3) is 0.692. The summed E-state index contributed by atoms with van der Waals surface area (Å²) in [7, 11) is 0. The van der Waals surface area contributed by atoms with Crippen LogP contribution >= 0.6 is 0 Å². The van der Waals surface area contributed by atoms with E-state index in [1.165, 1.54) is 57.1 Å². The summed E-state index contributed by atoms with van der Waals surface area (Å²) in [6, 6.07) is 5.08. The van der Waals surface area contributed by atoms with Gasteiger partial charge in [-0.2, -0.15) is 0 Å². The van der Waals surface area contributed by atoms with Crippen molar-refractivity contribution in [1.29, 1.82) is 0 Å². The smallest absolute Gasteiger partial charge is 0.333 e. The van der Waals surface area contributed by atoms with Gasteiger partial charge in [-0.05, 0) is 72.9 Å². The van der Waals surface area contributed by atoms with Gasteiger partial charge >= 0.3 is 17.9 Å². The first-order valence-corrected chi connectivity index (χ1v) is 18.5. The second-order valence-electron chi connectivity index (χ2n) is 15.1. The van der Waals surface area contributed by atoms with Gasteiger partial charge in [-0.25, -0.2) is 9.59 Å². The van der Waals surface area contributed by atoms with Gasteiger partial charge in [-0.1, -0.05) is 94.2 Å². The molecule has 11 heteroatoms. The first-order chi connectivity index (χ1) is 23.6. The number of ether oxygens (including phenoxy) is 2. The predicted molar refractivity (Wildman–Crippen MR) is 190 cm³/mol. The highest BCUT2D eigenvalue weighted by molar-refractivity contribution is 6.20. The molecule has 0 spiro atoms. The lowest BCUT2D eigenvalue weighted by atomic mass is 10.0. The third-order valence-corrected chi connectivity index (χ3v) is 8.07. The highest BCUT2D eigenvalue weighted by Gasteiger charge is 2.39. The molecular formula is C39H60N2O9. The van der Waals surface area contributed by atoms with Crippen molar-refractivity contribution < 1.29 is 43.1 Å². The summed E-state index contributed by atoms with van der Waals surface area (Å²) in [5.41, 5.74) is -0.914. The Bertz CT molecular complexity index is 1240. The number of hydrogen-bond donors (Lipinski definition) is 1. The molecule has 1 heterocycles. The molecule has 1 aromatic carbocycles. The number of benzene rings is 1. The van der Waals surface area contributed by atoms with E-state index >= 15 is 0 Å². The number of carbonyl (C=O) groups is 6. The first-order valence-electron chi connectivity index (χ1n) is 18.5. The number of unbranched alkanes of at least 4 members (excludes halogenated alkanes) is 13. The molecule has 0 bridgehead atoms. The maximum absolute atomic E-state index is 12.9. The van der Waals surface area contributed by atoms with Crippen LogP contribution in [0.5, 0.6) is 0 Å². The lowest BCUT2D eigenvalue weighted by Gasteiger charge is -2.24. The van der Waals surface area contributed by atoms with E-state index in [2.05, 4.69) is 5.32 Å². The number of hydroxylamine groups is 2. The second kappa shape index (κ2) is 21.5. The van der Waals surface area contributed by atoms with Crippen molar-refractivity contribution in [2.45, 2.75) is 174 Å². The van der Waals surface area contributed by atoms with E-state index < -0.39 is 41.0 Å². The molecule has 0 saturated carbocycles. The lowest BCUT2D eigenvalue weighted by molar-refractivity contribution is -0.169. The number of rotatable bonds is 23. The molecule has 1 aliphatic rings. The van der Waals surface area contributed by atoms with Crippen LogP contribution in [0.25, 0.3) is 0 Å². The highest BCUT2D eigenvalue weighted by atomic mass is 16.7. The number of nitrogens with one attached hydrogen (secondary N) is 1. The van der Waals surface area contributed by atoms with E-state index in [-0.39, 0.29) is 42.3 Å². The average molecular weight is 701 g/mol. The number of hydrogen-bond acceptors (Lipinski definition) is 9. The van der Waals surface area contributed by atoms with Crippen LogP contribution in [-0.2, 0) is 33.5 Å². The van der Waals surface area contributed by atoms with E-state index in [0.717, 1.165) is 38.5 Å². The Morgan fingerprint density at radius 1 is 0.600 bits per heavy atom. The van der Waals surface area contributed by atoms with Crippen LogP contribution < -0.4 is 5.32 Å². The van der Waals surface area contributed by atoms with Crippen LogP contribution in [0, 0.1) is 0 Å². The standard InChI is InChI=1S/C39H60N2O9/c1-38(2,3)48-33(43)26-20-18-16-14-12-10-8-7-9-11-13-15-17-19-25-32(42)40-31(37(47)49-39(4,5)6)27-28-34(44)50-41-35(45)29-23-21-22-24-30(29)36(41)46/h21-24,31H,7-20,25-28H2,1-6H3,(H,40,42)/t31-/m0/s1. The van der Waals surface area contributed by atoms with Crippen molar-refractivity contribution in [2.75, 3.05) is 0 Å². The quantitative estimate of drug-likeness (QED) is 0.0683. The van der Waals surface area contributed by atoms with Crippen molar-refractivity contribution in [2.24, 2.45) is 0 Å². The SMILES string of the molecule is CC(C)(C)OC(=O)CCCCCCCCCCCCCCCCC(=O)N[C@@H](CCC(=O)ON1C(=O)c2ccccc2C1=O)C(=O)OC(C)(C)C. The summed E-state index contributed by atoms with van der Waals surface area (Å²) in [6.07, 6.45) is 15.8. The van der Waals surface area contributed by atoms with Gasteiger partial charge < -0.3 is 19.6 Å². The minimum Gasteiger partial charge on any atom is -0.460 e. The Morgan fingerprint density at radius 3 is 1.46 bits per heavy atom. The number of fused-ring (bicyclic) bond motifs is 1. The number of nitrogens with zero attached hydrogens (tertiary/aromatic N) is 1. The first kappa shape index (κ1) is 42.4. The summed E-state index contributed by atoms with van der Waals surface area (Å²) in [5.74, 6) is -3.43. The molecule has 1 N–H and O–H groups in total. The van der Waals surface area contributed by atoms with Crippen LogP contribution in [0.2, 0.25) is 0 Å². The van der Waals surface area contributed by atoms with Gasteiger partial charge in [0.25, 0.3) is 11.8 Å². The molecule has 2 rings (SSSR count). The zero-order valence-electron chi connectivity index (χ0n) is 31.2. The van der Waals surface area contributed by atoms with Crippen molar-refractivity contribution in [3.63, 3.8) is 0 Å². The van der Waals surface area contributed by atoms with Crippen LogP contribution in [0.1, 0.15) is 178 Å². The van der Waals surface area contributed by atoms with Crippen LogP contribution in [0.15, 0.2) is 24.3 Å². The number of carbonyl (C=O) groups excluding carboxylic acids is 6. The molecule has 0 fully saturated rings. The van der Waals surface area contributed by atoms with Crippen molar-refractivity contribution in [3.05, 3.63) is 35.4 Å². The summed E-state index contributed by atoms with van der Waals surface area (Å²) < 4.78 is 10.8. The molecule has 1 aromatic rings. The monoisotopic (exact) mass is 700 g/mol. The van der Waals surface area contributed by atoms with Gasteiger partial charge in [0.15, 0.2) is 0 Å². The van der Waals surface area contributed by atoms with Gasteiger partial charge in [-0.15, -0.1) is 0 Å². The Kier molecular flexibility index (Phi) is 18.2. The molecule has 0 radical (unpaired) electrons. The summed E-state index contributed by atoms with van der Waals surface area (Å²) in [4.78, 5) is 79.9. The van der Waals surface area contributed by atoms with Gasteiger partial charge in [-0.3, -0.25) is 19.2 Å². The summed E-state index contributed by atoms with van der Waals surface area (Å²) in [6.45, 7) is 10.8. The van der Waals surface area contributed by atoms with E-state index in [4.69, 9.17) is 14.3 Å². The second-order valence-corrected chi connectivity index (χ2v) is 15.1. The van der Waals surface area contributed by atoms with Gasteiger partial charge in [0.1, 0.15) is 17.2 Å². The number of imide groups is 1. The normalized spacial score (nSPS) is 13.5. The average Bonchev–Trinajstić information content (AvgIpc) is 3.25. The third-order valence-electron chi connectivity index (χ3n) is 8.07.